The van der Waals surface area contributed by atoms with E-state index in [4.69, 9.17) is 0 Å². The van der Waals surface area contributed by atoms with E-state index in [0.29, 0.717) is 17.8 Å². The molecule has 4 aliphatic rings. The summed E-state index contributed by atoms with van der Waals surface area (Å²) < 4.78 is 15.3. The summed E-state index contributed by atoms with van der Waals surface area (Å²) in [6.45, 7) is 0.561. The number of hydrogen-bond donors (Lipinski definition) is 3. The van der Waals surface area contributed by atoms with E-state index in [-0.39, 0.29) is 6.04 Å². The molecule has 7 nitrogen and oxygen atoms in total. The molecule has 3 saturated heterocycles. The predicted octanol–water partition coefficient (Wildman–Crippen LogP) is 2.58. The van der Waals surface area contributed by atoms with Crippen molar-refractivity contribution >= 4 is 39.5 Å². The number of amides is 4. The maximum absolute atomic E-state index is 14.4. The number of halogens is 2. The zero-order chi connectivity index (χ0) is 21.5. The van der Waals surface area contributed by atoms with E-state index < -0.39 is 40.7 Å². The van der Waals surface area contributed by atoms with E-state index in [1.807, 2.05) is 29.2 Å². The van der Waals surface area contributed by atoms with Crippen LogP contribution in [0.15, 0.2) is 46.9 Å². The Balaban J connectivity index is 1.70. The molecule has 4 amide bonds. The first-order valence-corrected chi connectivity index (χ1v) is 11.0. The Bertz CT molecular complexity index is 1170. The van der Waals surface area contributed by atoms with Gasteiger partial charge in [-0.2, -0.15) is 0 Å². The molecule has 0 bridgehead atoms. The summed E-state index contributed by atoms with van der Waals surface area (Å²) in [5, 5.41) is 8.08. The van der Waals surface area contributed by atoms with Gasteiger partial charge in [0.05, 0.1) is 0 Å². The first kappa shape index (κ1) is 18.9. The van der Waals surface area contributed by atoms with Gasteiger partial charge in [0.25, 0.3) is 11.8 Å². The molecule has 158 valence electrons. The highest BCUT2D eigenvalue weighted by atomic mass is 79.9. The third kappa shape index (κ3) is 2.13. The van der Waals surface area contributed by atoms with Crippen LogP contribution in [0.5, 0.6) is 0 Å². The van der Waals surface area contributed by atoms with Crippen LogP contribution >= 0.6 is 15.9 Å². The van der Waals surface area contributed by atoms with Gasteiger partial charge in [0.2, 0.25) is 0 Å². The van der Waals surface area contributed by atoms with Crippen LogP contribution in [-0.2, 0) is 15.1 Å². The first-order valence-electron chi connectivity index (χ1n) is 10.2. The summed E-state index contributed by atoms with van der Waals surface area (Å²) in [6, 6.07) is 10.8. The molecule has 2 aromatic carbocycles. The van der Waals surface area contributed by atoms with Gasteiger partial charge in [-0.05, 0) is 55.3 Å². The number of carbonyl (C=O) groups is 3. The van der Waals surface area contributed by atoms with Crippen molar-refractivity contribution in [2.45, 2.75) is 35.9 Å². The van der Waals surface area contributed by atoms with Crippen molar-refractivity contribution < 1.29 is 18.8 Å². The van der Waals surface area contributed by atoms with Gasteiger partial charge in [0, 0.05) is 27.7 Å². The molecular weight excluding hydrogens is 467 g/mol. The van der Waals surface area contributed by atoms with Crippen LogP contribution in [0.4, 0.5) is 14.9 Å². The van der Waals surface area contributed by atoms with Gasteiger partial charge in [0.15, 0.2) is 11.1 Å². The highest BCUT2D eigenvalue weighted by Crippen LogP contribution is 2.63. The number of anilines is 1. The van der Waals surface area contributed by atoms with Crippen molar-refractivity contribution in [2.24, 2.45) is 0 Å². The molecule has 1 unspecified atom stereocenters. The fraction of sp³-hybridized carbons (Fsp3) is 0.318. The van der Waals surface area contributed by atoms with Crippen LogP contribution in [0.25, 0.3) is 0 Å². The zero-order valence-corrected chi connectivity index (χ0v) is 17.8. The van der Waals surface area contributed by atoms with Crippen LogP contribution in [0.2, 0.25) is 0 Å². The molecule has 4 heterocycles. The Morgan fingerprint density at radius 1 is 1.03 bits per heavy atom. The predicted molar refractivity (Wildman–Crippen MR) is 113 cm³/mol. The number of imide groups is 1. The molecule has 6 rings (SSSR count). The highest BCUT2D eigenvalue weighted by molar-refractivity contribution is 9.10. The second-order valence-electron chi connectivity index (χ2n) is 8.50. The zero-order valence-electron chi connectivity index (χ0n) is 16.2. The third-order valence-corrected chi connectivity index (χ3v) is 7.75. The van der Waals surface area contributed by atoms with E-state index in [1.165, 1.54) is 18.2 Å². The maximum atomic E-state index is 14.4. The normalized spacial score (nSPS) is 33.5. The molecule has 4 aliphatic heterocycles. The number of hydrogen-bond acceptors (Lipinski definition) is 4. The smallest absolute Gasteiger partial charge is 0.322 e. The lowest BCUT2D eigenvalue weighted by Gasteiger charge is -2.42. The molecule has 0 aliphatic carbocycles. The van der Waals surface area contributed by atoms with Gasteiger partial charge in [-0.1, -0.05) is 28.1 Å². The van der Waals surface area contributed by atoms with Crippen LogP contribution in [0.1, 0.15) is 29.9 Å². The lowest BCUT2D eigenvalue weighted by atomic mass is 9.65. The average molecular weight is 485 g/mol. The number of carbonyl (C=O) groups excluding carboxylic acids is 3. The van der Waals surface area contributed by atoms with Crippen molar-refractivity contribution in [2.75, 3.05) is 11.9 Å². The SMILES string of the molecule is O=C1NC(=O)[C@@]2(N1)C(c1ccc(Br)cc1)[C@H]1CCCN1[C@]21C(=O)Nc2ccc(F)cc21. The van der Waals surface area contributed by atoms with Gasteiger partial charge >= 0.3 is 6.03 Å². The Kier molecular flexibility index (Phi) is 3.75. The molecule has 2 aromatic rings. The van der Waals surface area contributed by atoms with E-state index in [9.17, 15) is 18.8 Å². The second-order valence-corrected chi connectivity index (χ2v) is 9.42. The van der Waals surface area contributed by atoms with E-state index >= 15 is 0 Å². The largest absolute Gasteiger partial charge is 0.324 e. The Morgan fingerprint density at radius 2 is 1.81 bits per heavy atom. The number of fused-ring (bicyclic) bond motifs is 5. The molecule has 2 spiro atoms. The monoisotopic (exact) mass is 484 g/mol. The minimum atomic E-state index is -1.61. The molecule has 0 aromatic heterocycles. The molecule has 0 radical (unpaired) electrons. The van der Waals surface area contributed by atoms with Crippen molar-refractivity contribution in [3.63, 3.8) is 0 Å². The molecular formula is C22H18BrFN4O3. The molecule has 31 heavy (non-hydrogen) atoms. The van der Waals surface area contributed by atoms with Gasteiger partial charge in [-0.3, -0.25) is 19.8 Å². The molecule has 4 atom stereocenters. The van der Waals surface area contributed by atoms with Gasteiger partial charge in [-0.15, -0.1) is 0 Å². The molecule has 3 fully saturated rings. The Morgan fingerprint density at radius 3 is 2.52 bits per heavy atom. The quantitative estimate of drug-likeness (QED) is 0.542. The maximum Gasteiger partial charge on any atom is 0.322 e. The number of nitrogens with zero attached hydrogens (tertiary/aromatic N) is 1. The second kappa shape index (κ2) is 6.14. The van der Waals surface area contributed by atoms with E-state index in [1.54, 1.807) is 0 Å². The van der Waals surface area contributed by atoms with Crippen molar-refractivity contribution in [1.29, 1.82) is 0 Å². The van der Waals surface area contributed by atoms with Gasteiger partial charge < -0.3 is 10.6 Å². The number of urea groups is 1. The van der Waals surface area contributed by atoms with Crippen molar-refractivity contribution in [3.05, 3.63) is 63.9 Å². The summed E-state index contributed by atoms with van der Waals surface area (Å²) in [5.74, 6) is -1.98. The minimum Gasteiger partial charge on any atom is -0.324 e. The minimum absolute atomic E-state index is 0.176. The third-order valence-electron chi connectivity index (χ3n) is 7.23. The molecule has 9 heteroatoms. The molecule has 0 saturated carbocycles. The highest BCUT2D eigenvalue weighted by Gasteiger charge is 2.80. The van der Waals surface area contributed by atoms with Gasteiger partial charge in [-0.25, -0.2) is 9.18 Å². The summed E-state index contributed by atoms with van der Waals surface area (Å²) >= 11 is 3.44. The van der Waals surface area contributed by atoms with E-state index in [0.717, 1.165) is 22.9 Å². The van der Waals surface area contributed by atoms with E-state index in [2.05, 4.69) is 31.9 Å². The fourth-order valence-electron chi connectivity index (χ4n) is 6.32. The summed E-state index contributed by atoms with van der Waals surface area (Å²) in [6.07, 6.45) is 1.59. The van der Waals surface area contributed by atoms with Crippen molar-refractivity contribution in [1.82, 2.24) is 15.5 Å². The van der Waals surface area contributed by atoms with Crippen LogP contribution < -0.4 is 16.0 Å². The van der Waals surface area contributed by atoms with Gasteiger partial charge in [0.1, 0.15) is 5.82 Å². The van der Waals surface area contributed by atoms with Crippen LogP contribution in [-0.4, -0.2) is 40.9 Å². The lowest BCUT2D eigenvalue weighted by Crippen LogP contribution is -2.68. The molecule has 3 N–H and O–H groups in total. The Hall–Kier alpha value is -2.78. The first-order chi connectivity index (χ1) is 14.9. The average Bonchev–Trinajstić information content (AvgIpc) is 3.43. The number of nitrogens with one attached hydrogen (secondary N) is 3. The standard InChI is InChI=1S/C22H18BrFN4O3/c23-12-5-3-11(4-6-12)17-16-2-1-9-28(16)22(21(17)18(29)26-20(31)27-21)14-10-13(24)7-8-15(14)25-19(22)30/h3-8,10,16-17H,1-2,9H2,(H,25,30)(H2,26,27,29,31)/t16-,17?,21+,22-/m1/s1. The van der Waals surface area contributed by atoms with Crippen LogP contribution in [0.3, 0.4) is 0 Å². The number of rotatable bonds is 1. The lowest BCUT2D eigenvalue weighted by molar-refractivity contribution is -0.138. The van der Waals surface area contributed by atoms with Crippen molar-refractivity contribution in [3.8, 4) is 0 Å². The summed E-state index contributed by atoms with van der Waals surface area (Å²) in [4.78, 5) is 41.8. The summed E-state index contributed by atoms with van der Waals surface area (Å²) in [5.41, 5.74) is -1.46. The Labute approximate surface area is 185 Å². The number of benzene rings is 2. The van der Waals surface area contributed by atoms with Crippen LogP contribution in [0, 0.1) is 5.82 Å². The summed E-state index contributed by atoms with van der Waals surface area (Å²) in [7, 11) is 0. The topological polar surface area (TPSA) is 90.5 Å². The fourth-order valence-corrected chi connectivity index (χ4v) is 6.58.